The molecular weight excluding hydrogens is 381 g/mol. The van der Waals surface area contributed by atoms with Crippen molar-refractivity contribution in [3.63, 3.8) is 0 Å². The molecule has 1 fully saturated rings. The van der Waals surface area contributed by atoms with E-state index < -0.39 is 22.1 Å². The first-order valence-corrected chi connectivity index (χ1v) is 19.1. The van der Waals surface area contributed by atoms with E-state index in [4.69, 9.17) is 4.74 Å². The van der Waals surface area contributed by atoms with Crippen LogP contribution in [0.5, 0.6) is 0 Å². The zero-order valence-electron chi connectivity index (χ0n) is 6.48. The van der Waals surface area contributed by atoms with Crippen molar-refractivity contribution < 1.29 is 26.9 Å². The van der Waals surface area contributed by atoms with E-state index in [0.717, 1.165) is 3.43 Å². The molecule has 0 heterocycles. The quantitative estimate of drug-likeness (QED) is 0.656. The molecule has 3 heteroatoms. The number of rotatable bonds is 2. The van der Waals surface area contributed by atoms with Crippen LogP contribution in [0.25, 0.3) is 0 Å². The third-order valence-electron chi connectivity index (χ3n) is 2.34. The van der Waals surface area contributed by atoms with E-state index in [1.807, 2.05) is 7.11 Å². The first-order valence-electron chi connectivity index (χ1n) is 3.97. The predicted molar refractivity (Wildman–Crippen MR) is 41.9 cm³/mol. The maximum absolute atomic E-state index is 5.42. The summed E-state index contributed by atoms with van der Waals surface area (Å²) in [5.41, 5.74) is 0. The fourth-order valence-electron chi connectivity index (χ4n) is 1.66. The summed E-state index contributed by atoms with van der Waals surface area (Å²) in [6, 6.07) is 0. The Labute approximate surface area is 80.6 Å². The number of hydrogen-bond acceptors (Lipinski definition) is 1. The molecule has 0 bridgehead atoms. The molecule has 0 aromatic carbocycles. The topological polar surface area (TPSA) is 9.23 Å². The zero-order valence-corrected chi connectivity index (χ0v) is 13.6. The van der Waals surface area contributed by atoms with Crippen molar-refractivity contribution in [2.75, 3.05) is 7.11 Å². The average Bonchev–Trinajstić information content (AvgIpc) is 2.04. The van der Waals surface area contributed by atoms with Crippen LogP contribution >= 0.6 is 11.9 Å². The van der Waals surface area contributed by atoms with Crippen molar-refractivity contribution in [2.45, 2.75) is 35.2 Å². The van der Waals surface area contributed by atoms with Gasteiger partial charge in [0.1, 0.15) is 0 Å². The normalized spacial score (nSPS) is 33.4. The first-order chi connectivity index (χ1) is 4.88. The molecule has 0 aromatic rings. The van der Waals surface area contributed by atoms with Crippen LogP contribution < -0.4 is 0 Å². The van der Waals surface area contributed by atoms with Gasteiger partial charge in [0.15, 0.2) is 0 Å². The molecule has 1 saturated carbocycles. The molecule has 0 radical (unpaired) electrons. The Morgan fingerprint density at radius 3 is 2.60 bits per heavy atom. The Bertz CT molecular complexity index is 87.6. The van der Waals surface area contributed by atoms with Gasteiger partial charge in [0.2, 0.25) is 0 Å². The molecule has 0 saturated heterocycles. The van der Waals surface area contributed by atoms with Crippen molar-refractivity contribution in [1.29, 1.82) is 0 Å². The summed E-state index contributed by atoms with van der Waals surface area (Å²) in [4.78, 5) is 0. The predicted octanol–water partition coefficient (Wildman–Crippen LogP) is 2.76. The van der Waals surface area contributed by atoms with Crippen LogP contribution in [0.15, 0.2) is 0 Å². The summed E-state index contributed by atoms with van der Waals surface area (Å²) in [5, 5.41) is 0. The number of methoxy groups -OCH3 is 1. The van der Waals surface area contributed by atoms with Gasteiger partial charge in [-0.25, -0.2) is 0 Å². The molecule has 56 valence electrons. The van der Waals surface area contributed by atoms with E-state index in [1.54, 1.807) is 0 Å². The fourth-order valence-corrected chi connectivity index (χ4v) is 12.3. The van der Waals surface area contributed by atoms with Gasteiger partial charge < -0.3 is 0 Å². The SMILES string of the molecule is CO[C@@H]1CCCC[C@H]1[Hg][Br]. The maximum atomic E-state index is 5.42. The summed E-state index contributed by atoms with van der Waals surface area (Å²) >= 11 is 3.07. The third kappa shape index (κ3) is 2.45. The molecular formula is C7H13BrHgO. The standard InChI is InChI=1S/C7H13O.BrH.Hg/c1-8-7-5-3-2-4-6-7;;/h5,7H,2-4,6H2,1H3;1H;/q;;+1/p-1/t7-;;/m0../s1. The monoisotopic (exact) mass is 394 g/mol. The first kappa shape index (κ1) is 9.46. The second-order valence-electron chi connectivity index (χ2n) is 2.97. The van der Waals surface area contributed by atoms with E-state index >= 15 is 0 Å². The van der Waals surface area contributed by atoms with Crippen molar-refractivity contribution >= 4 is 11.9 Å². The van der Waals surface area contributed by atoms with Gasteiger partial charge in [-0.15, -0.1) is 0 Å². The summed E-state index contributed by atoms with van der Waals surface area (Å²) < 4.78 is 6.41. The van der Waals surface area contributed by atoms with Crippen molar-refractivity contribution in [1.82, 2.24) is 0 Å². The van der Waals surface area contributed by atoms with Crippen LogP contribution in [0.4, 0.5) is 0 Å². The Morgan fingerprint density at radius 1 is 1.40 bits per heavy atom. The Kier molecular flexibility index (Phi) is 4.82. The minimum absolute atomic E-state index is 0.620. The van der Waals surface area contributed by atoms with Crippen LogP contribution in [-0.4, -0.2) is 13.2 Å². The number of ether oxygens (including phenoxy) is 1. The Morgan fingerprint density at radius 2 is 2.10 bits per heavy atom. The minimum atomic E-state index is -0.666. The van der Waals surface area contributed by atoms with Gasteiger partial charge in [0, 0.05) is 0 Å². The van der Waals surface area contributed by atoms with E-state index in [9.17, 15) is 0 Å². The summed E-state index contributed by atoms with van der Waals surface area (Å²) in [6.07, 6.45) is 6.19. The molecule has 2 atom stereocenters. The summed E-state index contributed by atoms with van der Waals surface area (Å²) in [6.45, 7) is 0. The molecule has 1 aliphatic rings. The van der Waals surface area contributed by atoms with Gasteiger partial charge in [-0.2, -0.15) is 0 Å². The van der Waals surface area contributed by atoms with Crippen LogP contribution in [0, 0.1) is 0 Å². The third-order valence-corrected chi connectivity index (χ3v) is 14.8. The molecule has 0 aromatic heterocycles. The second kappa shape index (κ2) is 5.10. The van der Waals surface area contributed by atoms with Crippen LogP contribution in [-0.2, 0) is 26.9 Å². The molecule has 0 N–H and O–H groups in total. The molecule has 0 spiro atoms. The molecule has 10 heavy (non-hydrogen) atoms. The van der Waals surface area contributed by atoms with Gasteiger partial charge in [-0.05, 0) is 0 Å². The molecule has 1 rings (SSSR count). The summed E-state index contributed by atoms with van der Waals surface area (Å²) in [5.74, 6) is 0. The molecule has 1 nitrogen and oxygen atoms in total. The van der Waals surface area contributed by atoms with Crippen LogP contribution in [0.2, 0.25) is 3.43 Å². The van der Waals surface area contributed by atoms with Crippen LogP contribution in [0.1, 0.15) is 25.7 Å². The van der Waals surface area contributed by atoms with E-state index in [0.29, 0.717) is 6.10 Å². The van der Waals surface area contributed by atoms with Gasteiger partial charge in [0.05, 0.1) is 0 Å². The van der Waals surface area contributed by atoms with Crippen molar-refractivity contribution in [2.24, 2.45) is 0 Å². The van der Waals surface area contributed by atoms with E-state index in [-0.39, 0.29) is 0 Å². The fraction of sp³-hybridized carbons (Fsp3) is 1.00. The van der Waals surface area contributed by atoms with Gasteiger partial charge in [-0.1, -0.05) is 0 Å². The average molecular weight is 394 g/mol. The molecule has 0 unspecified atom stereocenters. The van der Waals surface area contributed by atoms with Gasteiger partial charge >= 0.3 is 81.1 Å². The summed E-state index contributed by atoms with van der Waals surface area (Å²) in [7, 11) is 1.86. The van der Waals surface area contributed by atoms with Crippen molar-refractivity contribution in [3.05, 3.63) is 0 Å². The second-order valence-corrected chi connectivity index (χ2v) is 13.9. The number of halogens is 1. The molecule has 1 aliphatic carbocycles. The molecule has 0 amide bonds. The van der Waals surface area contributed by atoms with Crippen molar-refractivity contribution in [3.8, 4) is 0 Å². The van der Waals surface area contributed by atoms with E-state index in [1.165, 1.54) is 25.7 Å². The Balaban J connectivity index is 2.34. The number of hydrogen-bond donors (Lipinski definition) is 0. The van der Waals surface area contributed by atoms with Gasteiger partial charge in [0.25, 0.3) is 0 Å². The Hall–Kier alpha value is 1.38. The van der Waals surface area contributed by atoms with E-state index in [2.05, 4.69) is 11.9 Å². The molecule has 0 aliphatic heterocycles. The van der Waals surface area contributed by atoms with Gasteiger partial charge in [-0.3, -0.25) is 0 Å². The zero-order chi connectivity index (χ0) is 7.40. The van der Waals surface area contributed by atoms with Crippen LogP contribution in [0.3, 0.4) is 0 Å².